The first kappa shape index (κ1) is 12.3. The molecule has 2 rings (SSSR count). The molecule has 0 amide bonds. The van der Waals surface area contributed by atoms with Gasteiger partial charge in [0, 0.05) is 11.0 Å². The highest BCUT2D eigenvalue weighted by molar-refractivity contribution is 9.10. The minimum Gasteiger partial charge on any atom is -0.486 e. The fourth-order valence-electron chi connectivity index (χ4n) is 1.49. The van der Waals surface area contributed by atoms with Crippen LogP contribution in [0.2, 0.25) is 0 Å². The van der Waals surface area contributed by atoms with Crippen molar-refractivity contribution in [3.05, 3.63) is 39.3 Å². The maximum atomic E-state index is 5.65. The summed E-state index contributed by atoms with van der Waals surface area (Å²) in [4.78, 5) is 0. The summed E-state index contributed by atoms with van der Waals surface area (Å²) in [5.41, 5.74) is 0. The molecule has 0 saturated heterocycles. The first-order chi connectivity index (χ1) is 8.20. The molecule has 0 aliphatic carbocycles. The van der Waals surface area contributed by atoms with Crippen LogP contribution in [0.3, 0.4) is 0 Å². The van der Waals surface area contributed by atoms with E-state index in [0.29, 0.717) is 11.4 Å². The standard InChI is InChI=1S/C11H12BrN3OS/c1-2-15-10(13-14-11(15)17)7-16-9-5-3-4-8(12)6-9/h3-6H,2,7H2,1H3,(H,14,17). The van der Waals surface area contributed by atoms with Crippen LogP contribution in [0.25, 0.3) is 0 Å². The molecule has 0 bridgehead atoms. The second-order valence-corrected chi connectivity index (χ2v) is 4.74. The van der Waals surface area contributed by atoms with Gasteiger partial charge in [0.1, 0.15) is 12.4 Å². The molecule has 4 nitrogen and oxygen atoms in total. The summed E-state index contributed by atoms with van der Waals surface area (Å²) < 4.78 is 9.17. The number of aromatic nitrogens is 3. The van der Waals surface area contributed by atoms with Gasteiger partial charge in [0.25, 0.3) is 0 Å². The smallest absolute Gasteiger partial charge is 0.195 e. The number of hydrogen-bond acceptors (Lipinski definition) is 3. The average molecular weight is 314 g/mol. The fraction of sp³-hybridized carbons (Fsp3) is 0.273. The molecule has 0 aliphatic heterocycles. The number of ether oxygens (including phenoxy) is 1. The molecular formula is C11H12BrN3OS. The Morgan fingerprint density at radius 3 is 3.06 bits per heavy atom. The van der Waals surface area contributed by atoms with Gasteiger partial charge in [-0.15, -0.1) is 0 Å². The summed E-state index contributed by atoms with van der Waals surface area (Å²) in [6, 6.07) is 7.70. The van der Waals surface area contributed by atoms with E-state index in [4.69, 9.17) is 17.0 Å². The minimum atomic E-state index is 0.400. The van der Waals surface area contributed by atoms with Crippen LogP contribution in [0.5, 0.6) is 5.75 Å². The first-order valence-electron chi connectivity index (χ1n) is 5.23. The van der Waals surface area contributed by atoms with E-state index in [1.165, 1.54) is 0 Å². The van der Waals surface area contributed by atoms with Gasteiger partial charge in [0.15, 0.2) is 10.6 Å². The number of rotatable bonds is 4. The van der Waals surface area contributed by atoms with Crippen molar-refractivity contribution in [3.8, 4) is 5.75 Å². The Kier molecular flexibility index (Phi) is 3.96. The molecule has 0 atom stereocenters. The monoisotopic (exact) mass is 313 g/mol. The number of nitrogens with one attached hydrogen (secondary N) is 1. The lowest BCUT2D eigenvalue weighted by Crippen LogP contribution is -2.06. The molecule has 1 aromatic carbocycles. The highest BCUT2D eigenvalue weighted by atomic mass is 79.9. The van der Waals surface area contributed by atoms with E-state index < -0.39 is 0 Å². The molecule has 17 heavy (non-hydrogen) atoms. The van der Waals surface area contributed by atoms with Gasteiger partial charge in [0.2, 0.25) is 0 Å². The first-order valence-corrected chi connectivity index (χ1v) is 6.43. The Morgan fingerprint density at radius 2 is 2.35 bits per heavy atom. The van der Waals surface area contributed by atoms with E-state index in [2.05, 4.69) is 26.1 Å². The zero-order chi connectivity index (χ0) is 12.3. The lowest BCUT2D eigenvalue weighted by Gasteiger charge is -2.06. The largest absolute Gasteiger partial charge is 0.486 e. The van der Waals surface area contributed by atoms with Crippen LogP contribution >= 0.6 is 28.1 Å². The predicted molar refractivity (Wildman–Crippen MR) is 71.6 cm³/mol. The van der Waals surface area contributed by atoms with Crippen molar-refractivity contribution in [2.24, 2.45) is 0 Å². The fourth-order valence-corrected chi connectivity index (χ4v) is 2.15. The van der Waals surface area contributed by atoms with Crippen LogP contribution in [0.15, 0.2) is 28.7 Å². The average Bonchev–Trinajstić information content (AvgIpc) is 2.67. The van der Waals surface area contributed by atoms with Crippen molar-refractivity contribution in [3.63, 3.8) is 0 Å². The molecule has 1 heterocycles. The van der Waals surface area contributed by atoms with E-state index >= 15 is 0 Å². The van der Waals surface area contributed by atoms with Crippen molar-refractivity contribution >= 4 is 28.1 Å². The van der Waals surface area contributed by atoms with E-state index in [1.54, 1.807) is 0 Å². The van der Waals surface area contributed by atoms with E-state index in [-0.39, 0.29) is 0 Å². The normalized spacial score (nSPS) is 10.5. The van der Waals surface area contributed by atoms with Crippen LogP contribution in [-0.2, 0) is 13.2 Å². The lowest BCUT2D eigenvalue weighted by atomic mass is 10.3. The molecule has 0 saturated carbocycles. The van der Waals surface area contributed by atoms with Gasteiger partial charge >= 0.3 is 0 Å². The third-order valence-electron chi connectivity index (χ3n) is 2.32. The van der Waals surface area contributed by atoms with Crippen molar-refractivity contribution in [2.75, 3.05) is 0 Å². The number of H-pyrrole nitrogens is 1. The summed E-state index contributed by atoms with van der Waals surface area (Å²) in [7, 11) is 0. The molecule has 1 aromatic heterocycles. The van der Waals surface area contributed by atoms with Crippen LogP contribution < -0.4 is 4.74 Å². The summed E-state index contributed by atoms with van der Waals surface area (Å²) in [6.07, 6.45) is 0. The molecule has 0 spiro atoms. The number of nitrogens with zero attached hydrogens (tertiary/aromatic N) is 2. The predicted octanol–water partition coefficient (Wildman–Crippen LogP) is 3.30. The van der Waals surface area contributed by atoms with Gasteiger partial charge in [-0.25, -0.2) is 0 Å². The van der Waals surface area contributed by atoms with Gasteiger partial charge in [-0.05, 0) is 37.3 Å². The second-order valence-electron chi connectivity index (χ2n) is 3.44. The number of aromatic amines is 1. The SMILES string of the molecule is CCn1c(COc2cccc(Br)c2)n[nH]c1=S. The maximum Gasteiger partial charge on any atom is 0.195 e. The molecule has 0 unspecified atom stereocenters. The van der Waals surface area contributed by atoms with Crippen LogP contribution in [-0.4, -0.2) is 14.8 Å². The molecule has 0 radical (unpaired) electrons. The highest BCUT2D eigenvalue weighted by Gasteiger charge is 2.05. The van der Waals surface area contributed by atoms with Crippen LogP contribution in [0.1, 0.15) is 12.7 Å². The van der Waals surface area contributed by atoms with Gasteiger partial charge in [0.05, 0.1) is 0 Å². The van der Waals surface area contributed by atoms with Gasteiger partial charge in [-0.1, -0.05) is 22.0 Å². The Morgan fingerprint density at radius 1 is 1.53 bits per heavy atom. The van der Waals surface area contributed by atoms with Crippen molar-refractivity contribution in [2.45, 2.75) is 20.1 Å². The topological polar surface area (TPSA) is 42.8 Å². The third kappa shape index (κ3) is 2.95. The van der Waals surface area contributed by atoms with E-state index in [0.717, 1.165) is 22.6 Å². The molecular weight excluding hydrogens is 302 g/mol. The number of hydrogen-bond donors (Lipinski definition) is 1. The number of halogens is 1. The molecule has 6 heteroatoms. The Bertz CT molecular complexity index is 564. The van der Waals surface area contributed by atoms with Gasteiger partial charge < -0.3 is 9.30 Å². The molecule has 0 fully saturated rings. The highest BCUT2D eigenvalue weighted by Crippen LogP contribution is 2.18. The van der Waals surface area contributed by atoms with E-state index in [1.807, 2.05) is 35.8 Å². The summed E-state index contributed by atoms with van der Waals surface area (Å²) >= 11 is 8.50. The van der Waals surface area contributed by atoms with Crippen LogP contribution in [0.4, 0.5) is 0 Å². The summed E-state index contributed by atoms with van der Waals surface area (Å²) in [5, 5.41) is 6.90. The third-order valence-corrected chi connectivity index (χ3v) is 3.12. The van der Waals surface area contributed by atoms with Crippen molar-refractivity contribution in [1.29, 1.82) is 0 Å². The molecule has 2 aromatic rings. The van der Waals surface area contributed by atoms with Crippen molar-refractivity contribution < 1.29 is 4.74 Å². The Balaban J connectivity index is 2.10. The second kappa shape index (κ2) is 5.46. The van der Waals surface area contributed by atoms with E-state index in [9.17, 15) is 0 Å². The quantitative estimate of drug-likeness (QED) is 0.881. The Labute approximate surface area is 113 Å². The molecule has 0 aliphatic rings. The zero-order valence-electron chi connectivity index (χ0n) is 9.31. The summed E-state index contributed by atoms with van der Waals surface area (Å²) in [6.45, 7) is 3.21. The molecule has 90 valence electrons. The van der Waals surface area contributed by atoms with Gasteiger partial charge in [-0.2, -0.15) is 5.10 Å². The summed E-state index contributed by atoms with van der Waals surface area (Å²) in [5.74, 6) is 1.61. The van der Waals surface area contributed by atoms with Crippen LogP contribution in [0, 0.1) is 4.77 Å². The molecule has 1 N–H and O–H groups in total. The van der Waals surface area contributed by atoms with Gasteiger partial charge in [-0.3, -0.25) is 5.10 Å². The maximum absolute atomic E-state index is 5.65. The number of benzene rings is 1. The van der Waals surface area contributed by atoms with Crippen molar-refractivity contribution in [1.82, 2.24) is 14.8 Å². The minimum absolute atomic E-state index is 0.400. The lowest BCUT2D eigenvalue weighted by molar-refractivity contribution is 0.289. The zero-order valence-corrected chi connectivity index (χ0v) is 11.7. The Hall–Kier alpha value is -1.14.